The van der Waals surface area contributed by atoms with Gasteiger partial charge in [-0.2, -0.15) is 0 Å². The van der Waals surface area contributed by atoms with Gasteiger partial charge in [-0.1, -0.05) is 12.8 Å². The number of hydrogen-bond acceptors (Lipinski definition) is 4. The number of nitrogens with one attached hydrogen (secondary N) is 1. The molecule has 0 unspecified atom stereocenters. The van der Waals surface area contributed by atoms with Gasteiger partial charge in [-0.15, -0.1) is 23.7 Å². The van der Waals surface area contributed by atoms with E-state index < -0.39 is 5.54 Å². The summed E-state index contributed by atoms with van der Waals surface area (Å²) in [5, 5.41) is 5.62. The van der Waals surface area contributed by atoms with E-state index in [2.05, 4.69) is 10.3 Å². The molecule has 6 heteroatoms. The van der Waals surface area contributed by atoms with E-state index in [0.717, 1.165) is 31.4 Å². The number of anilines is 1. The summed E-state index contributed by atoms with van der Waals surface area (Å²) in [6, 6.07) is 0. The minimum atomic E-state index is -0.661. The van der Waals surface area contributed by atoms with E-state index in [4.69, 9.17) is 5.73 Å². The van der Waals surface area contributed by atoms with E-state index in [1.807, 2.05) is 5.38 Å². The van der Waals surface area contributed by atoms with Crippen LogP contribution in [0.25, 0.3) is 0 Å². The number of carbonyl (C=O) groups is 1. The number of rotatable bonds is 3. The van der Waals surface area contributed by atoms with Gasteiger partial charge in [0.15, 0.2) is 5.13 Å². The van der Waals surface area contributed by atoms with Gasteiger partial charge in [0.1, 0.15) is 0 Å². The summed E-state index contributed by atoms with van der Waals surface area (Å²) in [6.45, 7) is 0. The van der Waals surface area contributed by atoms with Gasteiger partial charge in [0, 0.05) is 11.3 Å². The first-order chi connectivity index (χ1) is 8.17. The smallest absolute Gasteiger partial charge is 0.246 e. The zero-order valence-corrected chi connectivity index (χ0v) is 11.8. The summed E-state index contributed by atoms with van der Waals surface area (Å²) in [6.07, 6.45) is 6.15. The molecule has 0 saturated heterocycles. The quantitative estimate of drug-likeness (QED) is 0.898. The largest absolute Gasteiger partial charge is 0.317 e. The van der Waals surface area contributed by atoms with Crippen molar-refractivity contribution >= 4 is 34.8 Å². The van der Waals surface area contributed by atoms with Crippen LogP contribution in [0.15, 0.2) is 5.38 Å². The van der Waals surface area contributed by atoms with Crippen LogP contribution >= 0.6 is 23.7 Å². The van der Waals surface area contributed by atoms with Gasteiger partial charge in [0.05, 0.1) is 11.2 Å². The lowest BCUT2D eigenvalue weighted by Crippen LogP contribution is -2.48. The summed E-state index contributed by atoms with van der Waals surface area (Å²) >= 11 is 1.51. The van der Waals surface area contributed by atoms with Gasteiger partial charge in [0.25, 0.3) is 0 Å². The number of carbonyl (C=O) groups excluding carboxylic acids is 1. The number of nitrogens with two attached hydrogens (primary N) is 1. The molecule has 3 rings (SSSR count). The maximum atomic E-state index is 12.1. The Balaban J connectivity index is 0.00000120. The standard InChI is InChI=1S/C12H17N3OS.ClH/c13-12(5-1-2-6-12)10(16)15-11-14-9(7-17-11)8-3-4-8;/h7-8H,1-6,13H2,(H,14,15,16);1H. The number of aromatic nitrogens is 1. The Bertz CT molecular complexity index is 438. The molecule has 0 spiro atoms. The van der Waals surface area contributed by atoms with Crippen LogP contribution in [-0.2, 0) is 4.79 Å². The molecule has 0 radical (unpaired) electrons. The average Bonchev–Trinajstić information content (AvgIpc) is 2.89. The monoisotopic (exact) mass is 287 g/mol. The van der Waals surface area contributed by atoms with Gasteiger partial charge in [-0.05, 0) is 25.7 Å². The second-order valence-electron chi connectivity index (χ2n) is 5.17. The maximum Gasteiger partial charge on any atom is 0.246 e. The molecule has 2 fully saturated rings. The Kier molecular flexibility index (Phi) is 3.94. The van der Waals surface area contributed by atoms with Crippen LogP contribution in [0, 0.1) is 0 Å². The van der Waals surface area contributed by atoms with Gasteiger partial charge >= 0.3 is 0 Å². The van der Waals surface area contributed by atoms with Crippen molar-refractivity contribution in [2.75, 3.05) is 5.32 Å². The predicted molar refractivity (Wildman–Crippen MR) is 75.4 cm³/mol. The maximum absolute atomic E-state index is 12.1. The fourth-order valence-corrected chi connectivity index (χ4v) is 3.15. The molecule has 1 heterocycles. The van der Waals surface area contributed by atoms with E-state index >= 15 is 0 Å². The van der Waals surface area contributed by atoms with Crippen molar-refractivity contribution in [3.8, 4) is 0 Å². The Labute approximate surface area is 117 Å². The zero-order valence-electron chi connectivity index (χ0n) is 10.1. The first-order valence-electron chi connectivity index (χ1n) is 6.23. The predicted octanol–water partition coefficient (Wildman–Crippen LogP) is 2.65. The Morgan fingerprint density at radius 2 is 2.11 bits per heavy atom. The minimum Gasteiger partial charge on any atom is -0.317 e. The summed E-state index contributed by atoms with van der Waals surface area (Å²) in [5.74, 6) is 0.571. The van der Waals surface area contributed by atoms with Crippen LogP contribution in [0.3, 0.4) is 0 Å². The number of halogens is 1. The molecule has 18 heavy (non-hydrogen) atoms. The van der Waals surface area contributed by atoms with Crippen molar-refractivity contribution in [3.63, 3.8) is 0 Å². The average molecular weight is 288 g/mol. The highest BCUT2D eigenvalue weighted by Crippen LogP contribution is 2.41. The van der Waals surface area contributed by atoms with Crippen molar-refractivity contribution in [1.29, 1.82) is 0 Å². The molecule has 100 valence electrons. The molecule has 0 aromatic carbocycles. The topological polar surface area (TPSA) is 68.0 Å². The van der Waals surface area contributed by atoms with Crippen molar-refractivity contribution in [2.45, 2.75) is 50.0 Å². The molecule has 1 aromatic rings. The molecule has 4 nitrogen and oxygen atoms in total. The summed E-state index contributed by atoms with van der Waals surface area (Å²) in [7, 11) is 0. The highest BCUT2D eigenvalue weighted by atomic mass is 35.5. The van der Waals surface area contributed by atoms with Crippen LogP contribution in [0.4, 0.5) is 5.13 Å². The van der Waals surface area contributed by atoms with Crippen LogP contribution in [0.2, 0.25) is 0 Å². The van der Waals surface area contributed by atoms with Gasteiger partial charge < -0.3 is 11.1 Å². The van der Waals surface area contributed by atoms with Gasteiger partial charge in [-0.3, -0.25) is 4.79 Å². The third-order valence-electron chi connectivity index (χ3n) is 3.69. The number of hydrogen-bond donors (Lipinski definition) is 2. The lowest BCUT2D eigenvalue weighted by atomic mass is 9.98. The lowest BCUT2D eigenvalue weighted by molar-refractivity contribution is -0.121. The van der Waals surface area contributed by atoms with Crippen LogP contribution in [-0.4, -0.2) is 16.4 Å². The number of thiazole rings is 1. The molecule has 2 aliphatic rings. The van der Waals surface area contributed by atoms with E-state index in [9.17, 15) is 4.79 Å². The molecule has 1 aromatic heterocycles. The van der Waals surface area contributed by atoms with Crippen molar-refractivity contribution in [2.24, 2.45) is 5.73 Å². The fourth-order valence-electron chi connectivity index (χ4n) is 2.36. The van der Waals surface area contributed by atoms with E-state index in [0.29, 0.717) is 11.0 Å². The summed E-state index contributed by atoms with van der Waals surface area (Å²) < 4.78 is 0. The zero-order chi connectivity index (χ0) is 11.9. The van der Waals surface area contributed by atoms with Gasteiger partial charge in [-0.25, -0.2) is 4.98 Å². The fraction of sp³-hybridized carbons (Fsp3) is 0.667. The first-order valence-corrected chi connectivity index (χ1v) is 7.11. The van der Waals surface area contributed by atoms with Crippen LogP contribution in [0.5, 0.6) is 0 Å². The van der Waals surface area contributed by atoms with E-state index in [-0.39, 0.29) is 18.3 Å². The lowest BCUT2D eigenvalue weighted by Gasteiger charge is -2.21. The van der Waals surface area contributed by atoms with Gasteiger partial charge in [0.2, 0.25) is 5.91 Å². The second-order valence-corrected chi connectivity index (χ2v) is 6.03. The molecule has 3 N–H and O–H groups in total. The molecule has 2 aliphatic carbocycles. The second kappa shape index (κ2) is 5.15. The third-order valence-corrected chi connectivity index (χ3v) is 4.46. The Morgan fingerprint density at radius 3 is 2.72 bits per heavy atom. The minimum absolute atomic E-state index is 0. The SMILES string of the molecule is Cl.NC1(C(=O)Nc2nc(C3CC3)cs2)CCCC1. The third kappa shape index (κ3) is 2.68. The van der Waals surface area contributed by atoms with E-state index in [1.54, 1.807) is 0 Å². The summed E-state index contributed by atoms with van der Waals surface area (Å²) in [5.41, 5.74) is 6.56. The normalized spacial score (nSPS) is 21.4. The molecule has 1 amide bonds. The number of nitrogens with zero attached hydrogens (tertiary/aromatic N) is 1. The molecule has 0 atom stereocenters. The van der Waals surface area contributed by atoms with Crippen molar-refractivity contribution < 1.29 is 4.79 Å². The highest BCUT2D eigenvalue weighted by Gasteiger charge is 2.37. The highest BCUT2D eigenvalue weighted by molar-refractivity contribution is 7.14. The Hall–Kier alpha value is -0.650. The van der Waals surface area contributed by atoms with Crippen molar-refractivity contribution in [1.82, 2.24) is 4.98 Å². The van der Waals surface area contributed by atoms with Crippen LogP contribution in [0.1, 0.15) is 50.1 Å². The van der Waals surface area contributed by atoms with Crippen LogP contribution < -0.4 is 11.1 Å². The summed E-state index contributed by atoms with van der Waals surface area (Å²) in [4.78, 5) is 16.5. The molecular formula is C12H18ClN3OS. The van der Waals surface area contributed by atoms with Crippen molar-refractivity contribution in [3.05, 3.63) is 11.1 Å². The molecule has 2 saturated carbocycles. The number of amides is 1. The first kappa shape index (κ1) is 13.8. The van der Waals surface area contributed by atoms with E-state index in [1.165, 1.54) is 24.2 Å². The molecule has 0 bridgehead atoms. The molecular weight excluding hydrogens is 270 g/mol. The Morgan fingerprint density at radius 1 is 1.44 bits per heavy atom. The molecule has 0 aliphatic heterocycles.